The number of fused-ring (bicyclic) bond motifs is 1. The van der Waals surface area contributed by atoms with Crippen LogP contribution in [-0.4, -0.2) is 24.5 Å². The van der Waals surface area contributed by atoms with Gasteiger partial charge >= 0.3 is 18.0 Å². The summed E-state index contributed by atoms with van der Waals surface area (Å²) in [5.74, 6) is -0.518. The predicted octanol–water partition coefficient (Wildman–Crippen LogP) is 7.37. The lowest BCUT2D eigenvalue weighted by Gasteiger charge is -2.21. The van der Waals surface area contributed by atoms with Crippen molar-refractivity contribution in [1.82, 2.24) is 0 Å². The zero-order valence-electron chi connectivity index (χ0n) is 21.9. The average Bonchev–Trinajstić information content (AvgIpc) is 3.21. The van der Waals surface area contributed by atoms with Gasteiger partial charge in [-0.25, -0.2) is 9.59 Å². The van der Waals surface area contributed by atoms with Crippen molar-refractivity contribution < 1.29 is 36.6 Å². The van der Waals surface area contributed by atoms with Crippen molar-refractivity contribution in [1.29, 1.82) is 0 Å². The summed E-state index contributed by atoms with van der Waals surface area (Å²) in [6.45, 7) is 7.39. The van der Waals surface area contributed by atoms with Gasteiger partial charge < -0.3 is 18.6 Å². The van der Waals surface area contributed by atoms with Gasteiger partial charge in [0, 0.05) is 29.0 Å². The van der Waals surface area contributed by atoms with E-state index in [0.29, 0.717) is 36.0 Å². The minimum absolute atomic E-state index is 0.00226. The monoisotopic (exact) mass is 544 g/mol. The van der Waals surface area contributed by atoms with Gasteiger partial charge in [-0.15, -0.1) is 13.2 Å². The lowest BCUT2D eigenvalue weighted by Crippen LogP contribution is -2.27. The number of alkyl halides is 3. The second-order valence-electron chi connectivity index (χ2n) is 9.75. The summed E-state index contributed by atoms with van der Waals surface area (Å²) in [7, 11) is 0. The molecule has 39 heavy (non-hydrogen) atoms. The Balaban J connectivity index is 1.59. The Morgan fingerprint density at radius 3 is 2.56 bits per heavy atom. The zero-order chi connectivity index (χ0) is 28.2. The molecule has 0 saturated heterocycles. The maximum Gasteiger partial charge on any atom is 0.573 e. The van der Waals surface area contributed by atoms with E-state index >= 15 is 0 Å². The number of benzene rings is 2. The molecule has 6 nitrogen and oxygen atoms in total. The van der Waals surface area contributed by atoms with Crippen LogP contribution in [0.3, 0.4) is 0 Å². The first-order valence-corrected chi connectivity index (χ1v) is 13.0. The third-order valence-electron chi connectivity index (χ3n) is 6.97. The SMILES string of the molecule is C=CC(=O)OC1CCC(Oc2ccc3cc(-c4ccc(CCCCC)cc4OC(F)(F)F)c(=O)oc3c2)C1C. The van der Waals surface area contributed by atoms with E-state index in [1.54, 1.807) is 24.3 Å². The van der Waals surface area contributed by atoms with Gasteiger partial charge in [0.25, 0.3) is 0 Å². The van der Waals surface area contributed by atoms with Crippen LogP contribution in [0.5, 0.6) is 11.5 Å². The molecule has 4 rings (SSSR count). The molecule has 2 aromatic carbocycles. The molecule has 1 aliphatic rings. The summed E-state index contributed by atoms with van der Waals surface area (Å²) >= 11 is 0. The largest absolute Gasteiger partial charge is 0.573 e. The summed E-state index contributed by atoms with van der Waals surface area (Å²) in [5.41, 5.74) is 0.0994. The number of aryl methyl sites for hydroxylation is 1. The van der Waals surface area contributed by atoms with Crippen LogP contribution < -0.4 is 15.1 Å². The van der Waals surface area contributed by atoms with Crippen LogP contribution in [0, 0.1) is 5.92 Å². The number of esters is 1. The number of ether oxygens (including phenoxy) is 3. The molecule has 3 aromatic rings. The topological polar surface area (TPSA) is 75.0 Å². The van der Waals surface area contributed by atoms with Crippen molar-refractivity contribution in [2.24, 2.45) is 5.92 Å². The molecule has 1 heterocycles. The Bertz CT molecular complexity index is 1390. The summed E-state index contributed by atoms with van der Waals surface area (Å²) in [6.07, 6.45) is 0.423. The van der Waals surface area contributed by atoms with Gasteiger partial charge in [0.05, 0.1) is 5.56 Å². The first kappa shape index (κ1) is 28.3. The minimum atomic E-state index is -4.92. The van der Waals surface area contributed by atoms with Crippen LogP contribution in [0.2, 0.25) is 0 Å². The van der Waals surface area contributed by atoms with Gasteiger partial charge in [0.1, 0.15) is 29.3 Å². The third-order valence-corrected chi connectivity index (χ3v) is 6.97. The molecule has 1 saturated carbocycles. The summed E-state index contributed by atoms with van der Waals surface area (Å²) in [5, 5.41) is 0.513. The van der Waals surface area contributed by atoms with Crippen molar-refractivity contribution >= 4 is 16.9 Å². The fourth-order valence-electron chi connectivity index (χ4n) is 4.88. The highest BCUT2D eigenvalue weighted by atomic mass is 19.4. The van der Waals surface area contributed by atoms with E-state index in [4.69, 9.17) is 13.9 Å². The quantitative estimate of drug-likeness (QED) is 0.115. The number of carbonyl (C=O) groups is 1. The number of unbranched alkanes of at least 4 members (excludes halogenated alkanes) is 2. The van der Waals surface area contributed by atoms with Crippen LogP contribution >= 0.6 is 0 Å². The van der Waals surface area contributed by atoms with Gasteiger partial charge in [-0.2, -0.15) is 0 Å². The lowest BCUT2D eigenvalue weighted by molar-refractivity contribution is -0.274. The van der Waals surface area contributed by atoms with Crippen molar-refractivity contribution in [2.75, 3.05) is 0 Å². The molecule has 3 atom stereocenters. The van der Waals surface area contributed by atoms with Crippen LogP contribution in [-0.2, 0) is 16.0 Å². The first-order valence-electron chi connectivity index (χ1n) is 13.0. The van der Waals surface area contributed by atoms with Crippen LogP contribution in [0.25, 0.3) is 22.1 Å². The average molecular weight is 545 g/mol. The summed E-state index contributed by atoms with van der Waals surface area (Å²) in [4.78, 5) is 24.5. The van der Waals surface area contributed by atoms with E-state index < -0.39 is 23.7 Å². The Labute approximate surface area is 224 Å². The first-order chi connectivity index (χ1) is 18.6. The molecule has 1 fully saturated rings. The highest BCUT2D eigenvalue weighted by Gasteiger charge is 2.37. The van der Waals surface area contributed by atoms with Crippen molar-refractivity contribution in [3.8, 4) is 22.6 Å². The maximum atomic E-state index is 13.2. The van der Waals surface area contributed by atoms with E-state index in [1.807, 2.05) is 13.8 Å². The van der Waals surface area contributed by atoms with E-state index in [2.05, 4.69) is 11.3 Å². The molecule has 3 unspecified atom stereocenters. The second-order valence-corrected chi connectivity index (χ2v) is 9.75. The molecule has 1 aliphatic carbocycles. The van der Waals surface area contributed by atoms with Crippen LogP contribution in [0.15, 0.2) is 64.3 Å². The molecule has 208 valence electrons. The third kappa shape index (κ3) is 7.02. The Morgan fingerprint density at radius 1 is 1.08 bits per heavy atom. The minimum Gasteiger partial charge on any atom is -0.490 e. The zero-order valence-corrected chi connectivity index (χ0v) is 21.9. The molecule has 0 spiro atoms. The summed E-state index contributed by atoms with van der Waals surface area (Å²) in [6, 6.07) is 10.9. The van der Waals surface area contributed by atoms with Gasteiger partial charge in [-0.3, -0.25) is 0 Å². The van der Waals surface area contributed by atoms with Crippen molar-refractivity contribution in [3.63, 3.8) is 0 Å². The number of halogens is 3. The normalized spacial score (nSPS) is 19.2. The molecule has 0 radical (unpaired) electrons. The van der Waals surface area contributed by atoms with Gasteiger partial charge in [-0.05, 0) is 55.5 Å². The Hall–Kier alpha value is -3.75. The molecule has 9 heteroatoms. The van der Waals surface area contributed by atoms with Crippen molar-refractivity contribution in [3.05, 3.63) is 71.1 Å². The van der Waals surface area contributed by atoms with E-state index in [-0.39, 0.29) is 34.8 Å². The fraction of sp³-hybridized carbons (Fsp3) is 0.400. The van der Waals surface area contributed by atoms with E-state index in [0.717, 1.165) is 25.3 Å². The van der Waals surface area contributed by atoms with Crippen molar-refractivity contribution in [2.45, 2.75) is 70.9 Å². The van der Waals surface area contributed by atoms with Gasteiger partial charge in [0.2, 0.25) is 0 Å². The molecule has 0 amide bonds. The van der Waals surface area contributed by atoms with E-state index in [9.17, 15) is 22.8 Å². The molecule has 1 aromatic heterocycles. The highest BCUT2D eigenvalue weighted by Crippen LogP contribution is 2.36. The Kier molecular flexibility index (Phi) is 8.67. The van der Waals surface area contributed by atoms with Gasteiger partial charge in [0.15, 0.2) is 0 Å². The highest BCUT2D eigenvalue weighted by molar-refractivity contribution is 5.84. The number of hydrogen-bond acceptors (Lipinski definition) is 6. The Morgan fingerprint density at radius 2 is 1.85 bits per heavy atom. The maximum absolute atomic E-state index is 13.2. The fourth-order valence-corrected chi connectivity index (χ4v) is 4.88. The predicted molar refractivity (Wildman–Crippen MR) is 141 cm³/mol. The number of hydrogen-bond donors (Lipinski definition) is 0. The standard InChI is InChI=1S/C30H31F3O6/c1-4-6-7-8-19-9-12-22(27(15-19)39-30(31,32)33)23-16-20-10-11-21(17-26(20)38-29(23)35)36-24-13-14-25(18(24)3)37-28(34)5-2/h5,9-12,15-18,24-25H,2,4,6-8,13-14H2,1,3H3. The molecular weight excluding hydrogens is 513 g/mol. The van der Waals surface area contributed by atoms with Crippen LogP contribution in [0.1, 0.15) is 51.5 Å². The van der Waals surface area contributed by atoms with Crippen LogP contribution in [0.4, 0.5) is 13.2 Å². The molecule has 0 aliphatic heterocycles. The van der Waals surface area contributed by atoms with E-state index in [1.165, 1.54) is 18.2 Å². The lowest BCUT2D eigenvalue weighted by atomic mass is 10.00. The smallest absolute Gasteiger partial charge is 0.490 e. The number of rotatable bonds is 10. The number of carbonyl (C=O) groups excluding carboxylic acids is 1. The molecule has 0 bridgehead atoms. The molecule has 0 N–H and O–H groups in total. The summed E-state index contributed by atoms with van der Waals surface area (Å²) < 4.78 is 60.9. The molecular formula is C30H31F3O6. The van der Waals surface area contributed by atoms with Gasteiger partial charge in [-0.1, -0.05) is 45.4 Å². The second kappa shape index (κ2) is 12.0.